The number of amides is 2. The maximum atomic E-state index is 12.7. The summed E-state index contributed by atoms with van der Waals surface area (Å²) in [5.74, 6) is 0.390. The van der Waals surface area contributed by atoms with Crippen LogP contribution < -0.4 is 5.32 Å². The van der Waals surface area contributed by atoms with Gasteiger partial charge in [-0.1, -0.05) is 18.2 Å². The van der Waals surface area contributed by atoms with E-state index in [4.69, 9.17) is 0 Å². The molecule has 0 radical (unpaired) electrons. The third-order valence-electron chi connectivity index (χ3n) is 5.51. The smallest absolute Gasteiger partial charge is 0.239 e. The second-order valence-corrected chi connectivity index (χ2v) is 7.23. The molecule has 0 aliphatic carbocycles. The van der Waals surface area contributed by atoms with Crippen molar-refractivity contribution >= 4 is 17.5 Å². The fourth-order valence-corrected chi connectivity index (χ4v) is 3.85. The minimum absolute atomic E-state index is 0.0359. The van der Waals surface area contributed by atoms with Crippen LogP contribution in [0.5, 0.6) is 0 Å². The van der Waals surface area contributed by atoms with Crippen molar-refractivity contribution in [2.24, 2.45) is 5.92 Å². The number of likely N-dealkylation sites (tertiary alicyclic amines) is 2. The van der Waals surface area contributed by atoms with Crippen molar-refractivity contribution in [1.82, 2.24) is 9.80 Å². The van der Waals surface area contributed by atoms with E-state index < -0.39 is 0 Å². The van der Waals surface area contributed by atoms with Gasteiger partial charge in [0.2, 0.25) is 11.8 Å². The molecule has 0 bridgehead atoms. The van der Waals surface area contributed by atoms with Gasteiger partial charge in [0.25, 0.3) is 0 Å². The molecular weight excluding hydrogens is 314 g/mol. The maximum absolute atomic E-state index is 12.7. The highest BCUT2D eigenvalue weighted by molar-refractivity contribution is 5.92. The molecular formula is C20H29N3O2. The molecule has 5 heteroatoms. The lowest BCUT2D eigenvalue weighted by atomic mass is 9.94. The number of benzene rings is 1. The Morgan fingerprint density at radius 1 is 1.00 bits per heavy atom. The first-order valence-corrected chi connectivity index (χ1v) is 9.54. The van der Waals surface area contributed by atoms with Gasteiger partial charge in [-0.2, -0.15) is 0 Å². The van der Waals surface area contributed by atoms with Gasteiger partial charge in [0.15, 0.2) is 0 Å². The molecule has 2 amide bonds. The van der Waals surface area contributed by atoms with E-state index in [-0.39, 0.29) is 23.8 Å². The first kappa shape index (κ1) is 17.9. The van der Waals surface area contributed by atoms with Crippen LogP contribution in [-0.4, -0.2) is 53.8 Å². The lowest BCUT2D eigenvalue weighted by Crippen LogP contribution is -2.51. The summed E-state index contributed by atoms with van der Waals surface area (Å²) in [7, 11) is 0. The summed E-state index contributed by atoms with van der Waals surface area (Å²) in [4.78, 5) is 29.3. The van der Waals surface area contributed by atoms with Crippen molar-refractivity contribution in [3.8, 4) is 0 Å². The van der Waals surface area contributed by atoms with Gasteiger partial charge in [-0.05, 0) is 64.3 Å². The molecule has 1 aromatic rings. The van der Waals surface area contributed by atoms with Crippen molar-refractivity contribution < 1.29 is 9.59 Å². The highest BCUT2D eigenvalue weighted by atomic mass is 16.2. The van der Waals surface area contributed by atoms with Gasteiger partial charge >= 0.3 is 0 Å². The number of piperidine rings is 2. The second-order valence-electron chi connectivity index (χ2n) is 7.23. The molecule has 0 aromatic heterocycles. The van der Waals surface area contributed by atoms with E-state index >= 15 is 0 Å². The molecule has 2 aliphatic heterocycles. The zero-order valence-electron chi connectivity index (χ0n) is 15.1. The predicted octanol–water partition coefficient (Wildman–Crippen LogP) is 2.74. The summed E-state index contributed by atoms with van der Waals surface area (Å²) >= 11 is 0. The van der Waals surface area contributed by atoms with Crippen molar-refractivity contribution in [3.05, 3.63) is 30.3 Å². The second kappa shape index (κ2) is 8.48. The van der Waals surface area contributed by atoms with Gasteiger partial charge in [-0.3, -0.25) is 14.5 Å². The molecule has 2 aliphatic rings. The van der Waals surface area contributed by atoms with Crippen LogP contribution in [0.4, 0.5) is 5.69 Å². The Labute approximate surface area is 150 Å². The van der Waals surface area contributed by atoms with Crippen LogP contribution in [0.1, 0.15) is 39.0 Å². The van der Waals surface area contributed by atoms with E-state index in [0.717, 1.165) is 57.5 Å². The van der Waals surface area contributed by atoms with Crippen molar-refractivity contribution in [3.63, 3.8) is 0 Å². The molecule has 2 heterocycles. The van der Waals surface area contributed by atoms with E-state index in [1.54, 1.807) is 0 Å². The fraction of sp³-hybridized carbons (Fsp3) is 0.600. The van der Waals surface area contributed by atoms with Crippen LogP contribution in [0.25, 0.3) is 0 Å². The standard InChI is InChI=1S/C20H29N3O2/c1-16(20(25)23-12-6-3-7-13-23)22-14-10-17(11-15-22)19(24)21-18-8-4-2-5-9-18/h2,4-5,8-9,16-17H,3,6-7,10-15H2,1H3,(H,21,24). The zero-order chi connectivity index (χ0) is 17.6. The first-order valence-electron chi connectivity index (χ1n) is 9.54. The van der Waals surface area contributed by atoms with E-state index in [9.17, 15) is 9.59 Å². The molecule has 0 saturated carbocycles. The molecule has 0 spiro atoms. The molecule has 2 saturated heterocycles. The molecule has 1 atom stereocenters. The third-order valence-corrected chi connectivity index (χ3v) is 5.51. The van der Waals surface area contributed by atoms with E-state index in [2.05, 4.69) is 10.2 Å². The highest BCUT2D eigenvalue weighted by Crippen LogP contribution is 2.22. The fourth-order valence-electron chi connectivity index (χ4n) is 3.85. The number of para-hydroxylation sites is 1. The molecule has 3 rings (SSSR count). The van der Waals surface area contributed by atoms with Crippen LogP contribution in [0, 0.1) is 5.92 Å². The number of carbonyl (C=O) groups excluding carboxylic acids is 2. The molecule has 2 fully saturated rings. The normalized spacial score (nSPS) is 20.9. The van der Waals surface area contributed by atoms with E-state index in [1.807, 2.05) is 42.2 Å². The zero-order valence-corrected chi connectivity index (χ0v) is 15.1. The molecule has 5 nitrogen and oxygen atoms in total. The summed E-state index contributed by atoms with van der Waals surface area (Å²) in [5.41, 5.74) is 0.851. The van der Waals surface area contributed by atoms with Gasteiger partial charge in [0, 0.05) is 24.7 Å². The minimum Gasteiger partial charge on any atom is -0.341 e. The maximum Gasteiger partial charge on any atom is 0.239 e. The largest absolute Gasteiger partial charge is 0.341 e. The van der Waals surface area contributed by atoms with Gasteiger partial charge in [-0.25, -0.2) is 0 Å². The van der Waals surface area contributed by atoms with Crippen molar-refractivity contribution in [1.29, 1.82) is 0 Å². The average molecular weight is 343 g/mol. The summed E-state index contributed by atoms with van der Waals surface area (Å²) in [6, 6.07) is 9.53. The first-order chi connectivity index (χ1) is 12.1. The van der Waals surface area contributed by atoms with Gasteiger partial charge in [-0.15, -0.1) is 0 Å². The van der Waals surface area contributed by atoms with Gasteiger partial charge in [0.05, 0.1) is 6.04 Å². The van der Waals surface area contributed by atoms with Crippen LogP contribution >= 0.6 is 0 Å². The Bertz CT molecular complexity index is 576. The van der Waals surface area contributed by atoms with Crippen LogP contribution in [-0.2, 0) is 9.59 Å². The van der Waals surface area contributed by atoms with Crippen LogP contribution in [0.15, 0.2) is 30.3 Å². The molecule has 1 unspecified atom stereocenters. The third kappa shape index (κ3) is 4.60. The summed E-state index contributed by atoms with van der Waals surface area (Å²) < 4.78 is 0. The minimum atomic E-state index is -0.0729. The monoisotopic (exact) mass is 343 g/mol. The summed E-state index contributed by atoms with van der Waals surface area (Å²) in [6.07, 6.45) is 5.12. The Balaban J connectivity index is 1.47. The number of carbonyl (C=O) groups is 2. The molecule has 25 heavy (non-hydrogen) atoms. The van der Waals surface area contributed by atoms with E-state index in [1.165, 1.54) is 6.42 Å². The van der Waals surface area contributed by atoms with Crippen molar-refractivity contribution in [2.45, 2.75) is 45.1 Å². The Hall–Kier alpha value is -1.88. The molecule has 1 N–H and O–H groups in total. The van der Waals surface area contributed by atoms with Crippen LogP contribution in [0.2, 0.25) is 0 Å². The molecule has 136 valence electrons. The number of hydrogen-bond acceptors (Lipinski definition) is 3. The van der Waals surface area contributed by atoms with Gasteiger partial charge in [0.1, 0.15) is 0 Å². The predicted molar refractivity (Wildman–Crippen MR) is 99.3 cm³/mol. The lowest BCUT2D eigenvalue weighted by Gasteiger charge is -2.38. The average Bonchev–Trinajstić information content (AvgIpc) is 2.68. The number of hydrogen-bond donors (Lipinski definition) is 1. The van der Waals surface area contributed by atoms with E-state index in [0.29, 0.717) is 0 Å². The van der Waals surface area contributed by atoms with Crippen molar-refractivity contribution in [2.75, 3.05) is 31.5 Å². The SMILES string of the molecule is CC(C(=O)N1CCCCC1)N1CCC(C(=O)Nc2ccccc2)CC1. The Morgan fingerprint density at radius 3 is 2.28 bits per heavy atom. The summed E-state index contributed by atoms with van der Waals surface area (Å²) in [6.45, 7) is 5.45. The number of rotatable bonds is 4. The Kier molecular flexibility index (Phi) is 6.08. The Morgan fingerprint density at radius 2 is 1.64 bits per heavy atom. The number of anilines is 1. The topological polar surface area (TPSA) is 52.7 Å². The summed E-state index contributed by atoms with van der Waals surface area (Å²) in [5, 5.41) is 3.00. The lowest BCUT2D eigenvalue weighted by molar-refractivity contribution is -0.138. The highest BCUT2D eigenvalue weighted by Gasteiger charge is 2.31. The van der Waals surface area contributed by atoms with Gasteiger partial charge < -0.3 is 10.2 Å². The van der Waals surface area contributed by atoms with Crippen LogP contribution in [0.3, 0.4) is 0 Å². The quantitative estimate of drug-likeness (QED) is 0.914. The number of nitrogens with one attached hydrogen (secondary N) is 1. The molecule has 1 aromatic carbocycles. The number of nitrogens with zero attached hydrogens (tertiary/aromatic N) is 2.